The lowest BCUT2D eigenvalue weighted by molar-refractivity contribution is -0.153. The van der Waals surface area contributed by atoms with Gasteiger partial charge in [0.05, 0.1) is 6.61 Å². The number of Topliss-reactive ketones (excluding diaryl/α,β-unsaturated/α-hetero) is 1. The summed E-state index contributed by atoms with van der Waals surface area (Å²) >= 11 is 0. The molecule has 1 aliphatic rings. The summed E-state index contributed by atoms with van der Waals surface area (Å²) in [4.78, 5) is 25.6. The third-order valence-electron chi connectivity index (χ3n) is 4.37. The monoisotopic (exact) mass is 288 g/mol. The smallest absolute Gasteiger partial charge is 0.320 e. The van der Waals surface area contributed by atoms with Crippen LogP contribution in [0.25, 0.3) is 0 Å². The Balaban J connectivity index is 2.43. The lowest BCUT2D eigenvalue weighted by atomic mass is 9.74. The molecule has 114 valence electrons. The van der Waals surface area contributed by atoms with Gasteiger partial charge in [0, 0.05) is 5.56 Å². The molecule has 0 heterocycles. The third-order valence-corrected chi connectivity index (χ3v) is 4.37. The van der Waals surface area contributed by atoms with Crippen LogP contribution >= 0.6 is 0 Å². The van der Waals surface area contributed by atoms with Gasteiger partial charge >= 0.3 is 5.97 Å². The standard InChI is InChI=1S/C18H24O3/c1-3-5-12-18(17(20)21-4-2)13-8-10-14-9-6-7-11-15(14)16(18)19/h6-7,9,11H,3-5,8,10,12-13H2,1-2H3. The quantitative estimate of drug-likeness (QED) is 0.468. The summed E-state index contributed by atoms with van der Waals surface area (Å²) in [6.45, 7) is 4.19. The van der Waals surface area contributed by atoms with Gasteiger partial charge in [0.2, 0.25) is 0 Å². The average molecular weight is 288 g/mol. The molecule has 0 bridgehead atoms. The number of unbranched alkanes of at least 4 members (excludes halogenated alkanes) is 1. The first-order valence-electron chi connectivity index (χ1n) is 7.95. The predicted octanol–water partition coefficient (Wildman–Crippen LogP) is 3.95. The van der Waals surface area contributed by atoms with Gasteiger partial charge in [-0.1, -0.05) is 44.0 Å². The molecule has 0 fully saturated rings. The van der Waals surface area contributed by atoms with Crippen LogP contribution in [0.3, 0.4) is 0 Å². The lowest BCUT2D eigenvalue weighted by Crippen LogP contribution is -2.40. The summed E-state index contributed by atoms with van der Waals surface area (Å²) in [6, 6.07) is 7.67. The minimum atomic E-state index is -0.974. The van der Waals surface area contributed by atoms with Gasteiger partial charge < -0.3 is 4.74 Å². The van der Waals surface area contributed by atoms with Crippen LogP contribution in [0.2, 0.25) is 0 Å². The molecule has 1 aromatic rings. The molecule has 0 aromatic heterocycles. The molecule has 0 N–H and O–H groups in total. The van der Waals surface area contributed by atoms with E-state index in [1.165, 1.54) is 0 Å². The molecule has 0 saturated heterocycles. The van der Waals surface area contributed by atoms with Crippen LogP contribution < -0.4 is 0 Å². The molecule has 1 atom stereocenters. The zero-order valence-electron chi connectivity index (χ0n) is 13.0. The summed E-state index contributed by atoms with van der Waals surface area (Å²) < 4.78 is 5.26. The fourth-order valence-corrected chi connectivity index (χ4v) is 3.19. The average Bonchev–Trinajstić information content (AvgIpc) is 2.64. The number of hydrogen-bond donors (Lipinski definition) is 0. The molecule has 0 radical (unpaired) electrons. The van der Waals surface area contributed by atoms with Crippen LogP contribution in [0.1, 0.15) is 61.9 Å². The van der Waals surface area contributed by atoms with Gasteiger partial charge in [-0.3, -0.25) is 9.59 Å². The van der Waals surface area contributed by atoms with Gasteiger partial charge in [-0.05, 0) is 38.2 Å². The summed E-state index contributed by atoms with van der Waals surface area (Å²) in [5, 5.41) is 0. The molecule has 0 aliphatic heterocycles. The molecular formula is C18H24O3. The van der Waals surface area contributed by atoms with E-state index in [1.807, 2.05) is 24.3 Å². The highest BCUT2D eigenvalue weighted by molar-refractivity contribution is 6.13. The second-order valence-corrected chi connectivity index (χ2v) is 5.75. The van der Waals surface area contributed by atoms with Crippen molar-refractivity contribution in [3.63, 3.8) is 0 Å². The van der Waals surface area contributed by atoms with Gasteiger partial charge in [-0.2, -0.15) is 0 Å². The number of fused-ring (bicyclic) bond motifs is 1. The van der Waals surface area contributed by atoms with Crippen molar-refractivity contribution in [1.82, 2.24) is 0 Å². The molecule has 3 heteroatoms. The number of hydrogen-bond acceptors (Lipinski definition) is 3. The number of rotatable bonds is 5. The summed E-state index contributed by atoms with van der Waals surface area (Å²) in [5.74, 6) is -0.373. The predicted molar refractivity (Wildman–Crippen MR) is 82.3 cm³/mol. The second kappa shape index (κ2) is 6.88. The molecule has 0 saturated carbocycles. The van der Waals surface area contributed by atoms with E-state index in [0.29, 0.717) is 25.0 Å². The first-order chi connectivity index (χ1) is 10.2. The van der Waals surface area contributed by atoms with Crippen molar-refractivity contribution in [1.29, 1.82) is 0 Å². The number of carbonyl (C=O) groups is 2. The normalized spacial score (nSPS) is 21.5. The molecule has 21 heavy (non-hydrogen) atoms. The number of benzene rings is 1. The molecule has 1 aromatic carbocycles. The highest BCUT2D eigenvalue weighted by atomic mass is 16.5. The van der Waals surface area contributed by atoms with Crippen molar-refractivity contribution in [3.05, 3.63) is 35.4 Å². The minimum Gasteiger partial charge on any atom is -0.465 e. The topological polar surface area (TPSA) is 43.4 Å². The van der Waals surface area contributed by atoms with Crippen molar-refractivity contribution in [2.45, 2.75) is 52.4 Å². The Bertz CT molecular complexity index is 517. The molecule has 0 spiro atoms. The van der Waals surface area contributed by atoms with E-state index < -0.39 is 5.41 Å². The fourth-order valence-electron chi connectivity index (χ4n) is 3.19. The van der Waals surface area contributed by atoms with E-state index >= 15 is 0 Å². The Morgan fingerprint density at radius 3 is 2.76 bits per heavy atom. The molecule has 2 rings (SSSR count). The SMILES string of the molecule is CCCCC1(C(=O)OCC)CCCc2ccccc2C1=O. The zero-order chi connectivity index (χ0) is 15.3. The van der Waals surface area contributed by atoms with Gasteiger partial charge in [0.25, 0.3) is 0 Å². The summed E-state index contributed by atoms with van der Waals surface area (Å²) in [5.41, 5.74) is 0.794. The fraction of sp³-hybridized carbons (Fsp3) is 0.556. The van der Waals surface area contributed by atoms with E-state index in [4.69, 9.17) is 4.74 Å². The maximum Gasteiger partial charge on any atom is 0.320 e. The van der Waals surface area contributed by atoms with Crippen LogP contribution in [0.15, 0.2) is 24.3 Å². The number of aryl methyl sites for hydroxylation is 1. The lowest BCUT2D eigenvalue weighted by Gasteiger charge is -2.29. The van der Waals surface area contributed by atoms with Crippen LogP contribution in [-0.4, -0.2) is 18.4 Å². The van der Waals surface area contributed by atoms with Crippen molar-refractivity contribution in [2.75, 3.05) is 6.61 Å². The van der Waals surface area contributed by atoms with Crippen molar-refractivity contribution < 1.29 is 14.3 Å². The van der Waals surface area contributed by atoms with Crippen LogP contribution in [0.5, 0.6) is 0 Å². The van der Waals surface area contributed by atoms with Gasteiger partial charge in [0.1, 0.15) is 5.41 Å². The third kappa shape index (κ3) is 3.02. The maximum absolute atomic E-state index is 13.1. The Hall–Kier alpha value is -1.64. The van der Waals surface area contributed by atoms with E-state index in [1.54, 1.807) is 6.92 Å². The van der Waals surface area contributed by atoms with Gasteiger partial charge in [-0.15, -0.1) is 0 Å². The number of ether oxygens (including phenoxy) is 1. The Kier molecular flexibility index (Phi) is 5.16. The highest BCUT2D eigenvalue weighted by Crippen LogP contribution is 2.39. The van der Waals surface area contributed by atoms with Crippen LogP contribution in [0.4, 0.5) is 0 Å². The zero-order valence-corrected chi connectivity index (χ0v) is 13.0. The van der Waals surface area contributed by atoms with Crippen molar-refractivity contribution in [2.24, 2.45) is 5.41 Å². The van der Waals surface area contributed by atoms with Crippen molar-refractivity contribution >= 4 is 11.8 Å². The van der Waals surface area contributed by atoms with E-state index in [0.717, 1.165) is 31.2 Å². The van der Waals surface area contributed by atoms with E-state index in [2.05, 4.69) is 6.92 Å². The summed E-state index contributed by atoms with van der Waals surface area (Å²) in [7, 11) is 0. The number of ketones is 1. The Morgan fingerprint density at radius 1 is 1.29 bits per heavy atom. The Morgan fingerprint density at radius 2 is 2.05 bits per heavy atom. The van der Waals surface area contributed by atoms with E-state index in [-0.39, 0.29) is 11.8 Å². The highest BCUT2D eigenvalue weighted by Gasteiger charge is 2.47. The van der Waals surface area contributed by atoms with Gasteiger partial charge in [-0.25, -0.2) is 0 Å². The largest absolute Gasteiger partial charge is 0.465 e. The Labute approximate surface area is 126 Å². The van der Waals surface area contributed by atoms with E-state index in [9.17, 15) is 9.59 Å². The number of esters is 1. The minimum absolute atomic E-state index is 0.0394. The number of carbonyl (C=O) groups excluding carboxylic acids is 2. The molecular weight excluding hydrogens is 264 g/mol. The van der Waals surface area contributed by atoms with Gasteiger partial charge in [0.15, 0.2) is 5.78 Å². The molecule has 1 unspecified atom stereocenters. The van der Waals surface area contributed by atoms with Crippen LogP contribution in [0, 0.1) is 5.41 Å². The second-order valence-electron chi connectivity index (χ2n) is 5.75. The molecule has 0 amide bonds. The van der Waals surface area contributed by atoms with Crippen LogP contribution in [-0.2, 0) is 16.0 Å². The molecule has 1 aliphatic carbocycles. The summed E-state index contributed by atoms with van der Waals surface area (Å²) in [6.07, 6.45) is 4.73. The first kappa shape index (κ1) is 15.7. The first-order valence-corrected chi connectivity index (χ1v) is 7.95. The maximum atomic E-state index is 13.1. The van der Waals surface area contributed by atoms with Crippen molar-refractivity contribution in [3.8, 4) is 0 Å². The molecule has 3 nitrogen and oxygen atoms in total.